The number of hydrogen-bond acceptors (Lipinski definition) is 12. The first-order valence-corrected chi connectivity index (χ1v) is 24.1. The second-order valence-corrected chi connectivity index (χ2v) is 20.6. The zero-order valence-electron chi connectivity index (χ0n) is 35.2. The number of fused-ring (bicyclic) bond motifs is 3. The summed E-state index contributed by atoms with van der Waals surface area (Å²) in [6.45, 7) is 12.8. The molecule has 0 radical (unpaired) electrons. The lowest BCUT2D eigenvalue weighted by Gasteiger charge is -2.38. The van der Waals surface area contributed by atoms with E-state index < -0.39 is 0 Å². The summed E-state index contributed by atoms with van der Waals surface area (Å²) in [6, 6.07) is 8.14. The first-order valence-electron chi connectivity index (χ1n) is 22.8. The van der Waals surface area contributed by atoms with E-state index in [1.807, 2.05) is 0 Å². The molecule has 12 atom stereocenters. The number of benzene rings is 1. The molecule has 6 fully saturated rings. The number of hydrazine groups is 2. The van der Waals surface area contributed by atoms with E-state index in [1.165, 1.54) is 57.1 Å². The molecule has 1 aliphatic carbocycles. The Kier molecular flexibility index (Phi) is 14.3. The maximum atomic E-state index is 13.2. The molecule has 14 heteroatoms. The molecule has 1 saturated carbocycles. The van der Waals surface area contributed by atoms with E-state index in [9.17, 15) is 4.79 Å². The Bertz CT molecular complexity index is 1620. The van der Waals surface area contributed by atoms with Crippen LogP contribution in [0.1, 0.15) is 123 Å². The molecule has 6 heterocycles. The van der Waals surface area contributed by atoms with E-state index in [1.54, 1.807) is 18.2 Å². The van der Waals surface area contributed by atoms with Crippen molar-refractivity contribution in [3.8, 4) is 11.8 Å². The van der Waals surface area contributed by atoms with Gasteiger partial charge in [-0.05, 0) is 128 Å². The van der Waals surface area contributed by atoms with Gasteiger partial charge in [-0.15, -0.1) is 11.8 Å². The molecule has 0 bridgehead atoms. The Morgan fingerprint density at radius 2 is 1.83 bits per heavy atom. The van der Waals surface area contributed by atoms with Crippen LogP contribution < -0.4 is 37.1 Å². The van der Waals surface area contributed by atoms with Gasteiger partial charge in [-0.25, -0.2) is 21.7 Å². The molecule has 1 aromatic carbocycles. The van der Waals surface area contributed by atoms with Crippen molar-refractivity contribution in [2.45, 2.75) is 177 Å². The highest BCUT2D eigenvalue weighted by Gasteiger charge is 2.53. The lowest BCUT2D eigenvalue weighted by atomic mass is 9.78. The highest BCUT2D eigenvalue weighted by molar-refractivity contribution is 8.00. The van der Waals surface area contributed by atoms with Crippen molar-refractivity contribution in [1.29, 1.82) is 5.26 Å². The van der Waals surface area contributed by atoms with Crippen molar-refractivity contribution in [2.24, 2.45) is 28.7 Å². The van der Waals surface area contributed by atoms with Crippen LogP contribution in [0.25, 0.3) is 0 Å². The minimum absolute atomic E-state index is 0.0887. The van der Waals surface area contributed by atoms with E-state index in [0.717, 1.165) is 64.1 Å². The lowest BCUT2D eigenvalue weighted by molar-refractivity contribution is -0.125. The molecule has 58 heavy (non-hydrogen) atoms. The van der Waals surface area contributed by atoms with E-state index >= 15 is 0 Å². The molecule has 12 nitrogen and oxygen atoms in total. The van der Waals surface area contributed by atoms with Crippen LogP contribution in [0.4, 0.5) is 0 Å². The fourth-order valence-corrected chi connectivity index (χ4v) is 13.3. The Balaban J connectivity index is 0.713. The third kappa shape index (κ3) is 9.71. The molecular weight excluding hydrogens is 768 g/mol. The molecule has 5 saturated heterocycles. The molecule has 0 spiro atoms. The number of rotatable bonds is 10. The maximum Gasteiger partial charge on any atom is 0.238 e. The number of aliphatic imine (C=N–C) groups is 1. The lowest BCUT2D eigenvalue weighted by Crippen LogP contribution is -2.62. The van der Waals surface area contributed by atoms with Gasteiger partial charge in [0.2, 0.25) is 5.91 Å². The minimum Gasteiger partial charge on any atom is -0.490 e. The molecule has 6 aliphatic heterocycles. The van der Waals surface area contributed by atoms with Gasteiger partial charge in [0.15, 0.2) is 0 Å². The van der Waals surface area contributed by atoms with Crippen molar-refractivity contribution < 1.29 is 9.53 Å². The van der Waals surface area contributed by atoms with Crippen LogP contribution in [0.15, 0.2) is 23.2 Å². The summed E-state index contributed by atoms with van der Waals surface area (Å²) in [5.74, 6) is 3.32. The third-order valence-electron chi connectivity index (χ3n) is 14.9. The van der Waals surface area contributed by atoms with Crippen LogP contribution in [0.3, 0.4) is 0 Å². The van der Waals surface area contributed by atoms with Crippen molar-refractivity contribution in [3.05, 3.63) is 28.8 Å². The second-order valence-electron chi connectivity index (χ2n) is 18.7. The Morgan fingerprint density at radius 3 is 2.57 bits per heavy atom. The fourth-order valence-electron chi connectivity index (χ4n) is 11.2. The van der Waals surface area contributed by atoms with Gasteiger partial charge in [0.1, 0.15) is 17.9 Å². The van der Waals surface area contributed by atoms with Crippen LogP contribution in [0.2, 0.25) is 5.02 Å². The van der Waals surface area contributed by atoms with E-state index in [-0.39, 0.29) is 42.5 Å². The van der Waals surface area contributed by atoms with Crippen LogP contribution in [-0.4, -0.2) is 100 Å². The number of carbonyl (C=O) groups excluding carboxylic acids is 1. The van der Waals surface area contributed by atoms with Crippen LogP contribution >= 0.6 is 23.4 Å². The largest absolute Gasteiger partial charge is 0.490 e. The van der Waals surface area contributed by atoms with Gasteiger partial charge >= 0.3 is 0 Å². The molecule has 0 aromatic heterocycles. The monoisotopic (exact) mass is 837 g/mol. The molecular formula is C44H69ClN10O2S. The normalized spacial score (nSPS) is 40.0. The first kappa shape index (κ1) is 42.7. The smallest absolute Gasteiger partial charge is 0.238 e. The summed E-state index contributed by atoms with van der Waals surface area (Å²) in [5.41, 5.74) is 16.0. The highest BCUT2D eigenvalue weighted by atomic mass is 35.5. The van der Waals surface area contributed by atoms with Gasteiger partial charge in [-0.3, -0.25) is 19.6 Å². The number of nitrogens with zero attached hydrogens (tertiary/aromatic N) is 4. The van der Waals surface area contributed by atoms with Crippen LogP contribution in [-0.2, 0) is 4.79 Å². The number of carbonyl (C=O) groups is 1. The first-order chi connectivity index (χ1) is 28.1. The average molecular weight is 838 g/mol. The fraction of sp³-hybridized carbons (Fsp3) is 0.795. The molecule has 11 unspecified atom stereocenters. The number of likely N-dealkylation sites (tertiary alicyclic amines) is 1. The molecule has 8 rings (SSSR count). The highest BCUT2D eigenvalue weighted by Crippen LogP contribution is 2.49. The molecule has 320 valence electrons. The summed E-state index contributed by atoms with van der Waals surface area (Å²) in [5, 5.41) is 18.0. The number of nitrogens with one attached hydrogen (secondary N) is 6. The zero-order valence-corrected chi connectivity index (χ0v) is 36.8. The Labute approximate surface area is 356 Å². The number of hydrogen-bond donors (Lipinski definition) is 6. The number of amides is 1. The second kappa shape index (κ2) is 19.4. The van der Waals surface area contributed by atoms with Crippen molar-refractivity contribution >= 4 is 35.0 Å². The summed E-state index contributed by atoms with van der Waals surface area (Å²) >= 11 is 8.36. The number of ether oxygens (including phenoxy) is 1. The SMILES string of the molecule is CC1SC2C(C(C3CCC(CCCC4CCCN(C5CCC(C(=O)NC6CCC(Oc7ccc(C#N)c(Cl)c7)CC6)NN5)CC4)NC3)=N[C@@H](C)C3NNC(C)N23)C1C. The number of halogens is 1. The number of thioether (sulfide) groups is 1. The zero-order chi connectivity index (χ0) is 40.3. The quantitative estimate of drug-likeness (QED) is 0.169. The number of piperidine rings is 1. The summed E-state index contributed by atoms with van der Waals surface area (Å²) < 4.78 is 6.14. The molecule has 7 aliphatic rings. The predicted molar refractivity (Wildman–Crippen MR) is 233 cm³/mol. The summed E-state index contributed by atoms with van der Waals surface area (Å²) in [4.78, 5) is 24.1. The van der Waals surface area contributed by atoms with Crippen molar-refractivity contribution in [1.82, 2.24) is 42.1 Å². The Hall–Kier alpha value is -1.99. The van der Waals surface area contributed by atoms with Gasteiger partial charge in [-0.2, -0.15) is 5.26 Å². The molecule has 1 aromatic rings. The van der Waals surface area contributed by atoms with Gasteiger partial charge in [-0.1, -0.05) is 38.3 Å². The minimum atomic E-state index is -0.208. The van der Waals surface area contributed by atoms with E-state index in [0.29, 0.717) is 56.9 Å². The Morgan fingerprint density at radius 1 is 0.983 bits per heavy atom. The average Bonchev–Trinajstić information content (AvgIpc) is 3.59. The maximum absolute atomic E-state index is 13.2. The molecule has 1 amide bonds. The third-order valence-corrected chi connectivity index (χ3v) is 16.9. The molecule has 6 N–H and O–H groups in total. The summed E-state index contributed by atoms with van der Waals surface area (Å²) in [6.07, 6.45) is 16.6. The predicted octanol–water partition coefficient (Wildman–Crippen LogP) is 5.88. The van der Waals surface area contributed by atoms with Gasteiger partial charge in [0.25, 0.3) is 0 Å². The van der Waals surface area contributed by atoms with Crippen LogP contribution in [0.5, 0.6) is 5.75 Å². The van der Waals surface area contributed by atoms with Gasteiger partial charge < -0.3 is 15.4 Å². The van der Waals surface area contributed by atoms with Gasteiger partial charge in [0, 0.05) is 47.5 Å². The van der Waals surface area contributed by atoms with Gasteiger partial charge in [0.05, 0.1) is 46.6 Å². The standard InChI is InChI=1S/C44H69ClN10O2S/c1-26-28(3)58-44-40(26)41(48-27(2)42-53-50-29(4)55(42)44)32-10-12-33(47-25-32)9-5-7-30-8-6-21-54(22-20-30)39-19-18-38(51-52-39)43(56)49-34-13-16-35(17-14-34)57-36-15-11-31(24-46)37(45)23-36/h11,15,23,26-30,32-35,38-40,42,44,47,50-53H,5-10,12-14,16-22,25H2,1-4H3,(H,49,56)/t26?,27-,28?,29?,30?,32?,33?,34?,35?,38?,39?,40?,42?,44?/m0/s1. The topological polar surface area (TPSA) is 141 Å². The van der Waals surface area contributed by atoms with Crippen LogP contribution in [0, 0.1) is 35.0 Å². The van der Waals surface area contributed by atoms with Crippen molar-refractivity contribution in [2.75, 3.05) is 19.6 Å². The summed E-state index contributed by atoms with van der Waals surface area (Å²) in [7, 11) is 0. The van der Waals surface area contributed by atoms with Crippen molar-refractivity contribution in [3.63, 3.8) is 0 Å². The van der Waals surface area contributed by atoms with E-state index in [2.05, 4.69) is 87.7 Å². The number of nitriles is 1. The van der Waals surface area contributed by atoms with E-state index in [4.69, 9.17) is 26.6 Å².